The Bertz CT molecular complexity index is 768. The van der Waals surface area contributed by atoms with E-state index < -0.39 is 24.6 Å². The summed E-state index contributed by atoms with van der Waals surface area (Å²) in [5.74, 6) is -1.12. The number of carbonyl (C=O) groups is 2. The topological polar surface area (TPSA) is 91.4 Å². The van der Waals surface area contributed by atoms with Gasteiger partial charge in [-0.1, -0.05) is 17.7 Å². The molecular formula is C17H19ClN2O4. The highest BCUT2D eigenvalue weighted by atomic mass is 35.5. The van der Waals surface area contributed by atoms with Crippen molar-refractivity contribution in [2.75, 3.05) is 11.9 Å². The van der Waals surface area contributed by atoms with Gasteiger partial charge in [0, 0.05) is 22.0 Å². The molecule has 0 fully saturated rings. The zero-order valence-corrected chi connectivity index (χ0v) is 14.4. The monoisotopic (exact) mass is 350 g/mol. The first-order valence-corrected chi connectivity index (χ1v) is 7.77. The fourth-order valence-corrected chi connectivity index (χ4v) is 2.75. The van der Waals surface area contributed by atoms with Crippen molar-refractivity contribution in [3.05, 3.63) is 51.8 Å². The van der Waals surface area contributed by atoms with Gasteiger partial charge in [-0.3, -0.25) is 4.79 Å². The number of esters is 1. The number of rotatable bonds is 5. The molecule has 6 nitrogen and oxygen atoms in total. The van der Waals surface area contributed by atoms with Gasteiger partial charge in [-0.2, -0.15) is 0 Å². The average Bonchev–Trinajstić information content (AvgIpc) is 2.79. The maximum absolute atomic E-state index is 12.1. The lowest BCUT2D eigenvalue weighted by Gasteiger charge is -2.07. The minimum atomic E-state index is -0.700. The Labute approximate surface area is 144 Å². The lowest BCUT2D eigenvalue weighted by Crippen LogP contribution is -2.21. The predicted octanol–water partition coefficient (Wildman–Crippen LogP) is 3.13. The van der Waals surface area contributed by atoms with Gasteiger partial charge in [-0.05, 0) is 44.5 Å². The third kappa shape index (κ3) is 4.15. The molecule has 0 aliphatic heterocycles. The molecule has 0 unspecified atom stereocenters. The summed E-state index contributed by atoms with van der Waals surface area (Å²) in [5, 5.41) is 12.8. The maximum Gasteiger partial charge on any atom is 0.355 e. The lowest BCUT2D eigenvalue weighted by molar-refractivity contribution is -0.119. The number of aliphatic hydroxyl groups excluding tert-OH is 1. The molecule has 1 amide bonds. The SMILES string of the molecule is Cc1[nH]c(C(=O)OCC(=O)Nc2cccc(Cl)c2)c(C)c1[C@H](C)O. The van der Waals surface area contributed by atoms with Crippen molar-refractivity contribution >= 4 is 29.2 Å². The number of carbonyl (C=O) groups excluding carboxylic acids is 2. The van der Waals surface area contributed by atoms with Gasteiger partial charge in [-0.25, -0.2) is 4.79 Å². The van der Waals surface area contributed by atoms with E-state index in [0.29, 0.717) is 27.5 Å². The summed E-state index contributed by atoms with van der Waals surface area (Å²) in [6.07, 6.45) is -0.700. The van der Waals surface area contributed by atoms with E-state index in [4.69, 9.17) is 16.3 Å². The lowest BCUT2D eigenvalue weighted by atomic mass is 10.1. The summed E-state index contributed by atoms with van der Waals surface area (Å²) in [4.78, 5) is 26.9. The first-order chi connectivity index (χ1) is 11.3. The molecule has 3 N–H and O–H groups in total. The Balaban J connectivity index is 1.98. The number of halogens is 1. The second kappa shape index (κ2) is 7.51. The number of hydrogen-bond acceptors (Lipinski definition) is 4. The number of ether oxygens (including phenoxy) is 1. The maximum atomic E-state index is 12.1. The molecule has 0 aliphatic carbocycles. The average molecular weight is 351 g/mol. The number of aromatic amines is 1. The quantitative estimate of drug-likeness (QED) is 0.722. The second-order valence-corrected chi connectivity index (χ2v) is 5.91. The highest BCUT2D eigenvalue weighted by Crippen LogP contribution is 2.24. The molecule has 1 heterocycles. The van der Waals surface area contributed by atoms with Crippen LogP contribution in [0.15, 0.2) is 24.3 Å². The molecule has 24 heavy (non-hydrogen) atoms. The Morgan fingerprint density at radius 2 is 2.08 bits per heavy atom. The van der Waals surface area contributed by atoms with Crippen LogP contribution in [-0.4, -0.2) is 28.6 Å². The molecule has 7 heteroatoms. The number of hydrogen-bond donors (Lipinski definition) is 3. The molecule has 2 rings (SSSR count). The van der Waals surface area contributed by atoms with Crippen LogP contribution in [0.3, 0.4) is 0 Å². The van der Waals surface area contributed by atoms with Crippen molar-refractivity contribution in [2.45, 2.75) is 26.9 Å². The Kier molecular flexibility index (Phi) is 5.64. The summed E-state index contributed by atoms with van der Waals surface area (Å²) in [7, 11) is 0. The number of H-pyrrole nitrogens is 1. The van der Waals surface area contributed by atoms with E-state index in [9.17, 15) is 14.7 Å². The Hall–Kier alpha value is -2.31. The van der Waals surface area contributed by atoms with Gasteiger partial charge < -0.3 is 20.1 Å². The van der Waals surface area contributed by atoms with Crippen molar-refractivity contribution in [2.24, 2.45) is 0 Å². The predicted molar refractivity (Wildman–Crippen MR) is 91.3 cm³/mol. The van der Waals surface area contributed by atoms with E-state index in [1.165, 1.54) is 0 Å². The molecule has 1 atom stereocenters. The van der Waals surface area contributed by atoms with Crippen molar-refractivity contribution in [1.29, 1.82) is 0 Å². The summed E-state index contributed by atoms with van der Waals surface area (Å²) >= 11 is 5.83. The fraction of sp³-hybridized carbons (Fsp3) is 0.294. The zero-order valence-electron chi connectivity index (χ0n) is 13.6. The molecule has 0 saturated carbocycles. The number of aryl methyl sites for hydroxylation is 1. The molecule has 0 saturated heterocycles. The van der Waals surface area contributed by atoms with Gasteiger partial charge >= 0.3 is 5.97 Å². The second-order valence-electron chi connectivity index (χ2n) is 5.47. The van der Waals surface area contributed by atoms with E-state index in [1.54, 1.807) is 45.0 Å². The van der Waals surface area contributed by atoms with E-state index in [2.05, 4.69) is 10.3 Å². The third-order valence-corrected chi connectivity index (χ3v) is 3.80. The number of benzene rings is 1. The van der Waals surface area contributed by atoms with Crippen molar-refractivity contribution < 1.29 is 19.4 Å². The number of aromatic nitrogens is 1. The molecule has 2 aromatic rings. The highest BCUT2D eigenvalue weighted by molar-refractivity contribution is 6.30. The highest BCUT2D eigenvalue weighted by Gasteiger charge is 2.21. The van der Waals surface area contributed by atoms with Crippen LogP contribution >= 0.6 is 11.6 Å². The van der Waals surface area contributed by atoms with Crippen LogP contribution in [0.4, 0.5) is 5.69 Å². The standard InChI is InChI=1S/C17H19ClN2O4/c1-9-15(11(3)21)10(2)19-16(9)17(23)24-8-14(22)20-13-6-4-5-12(18)7-13/h4-7,11,19,21H,8H2,1-3H3,(H,20,22)/t11-/m0/s1. The van der Waals surface area contributed by atoms with Gasteiger partial charge in [0.25, 0.3) is 5.91 Å². The van der Waals surface area contributed by atoms with E-state index in [0.717, 1.165) is 0 Å². The Morgan fingerprint density at radius 1 is 1.38 bits per heavy atom. The minimum Gasteiger partial charge on any atom is -0.451 e. The smallest absolute Gasteiger partial charge is 0.355 e. The number of anilines is 1. The van der Waals surface area contributed by atoms with E-state index in [1.807, 2.05) is 0 Å². The molecule has 0 radical (unpaired) electrons. The first-order valence-electron chi connectivity index (χ1n) is 7.39. The Morgan fingerprint density at radius 3 is 2.67 bits per heavy atom. The zero-order chi connectivity index (χ0) is 17.9. The van der Waals surface area contributed by atoms with Crippen molar-refractivity contribution in [3.63, 3.8) is 0 Å². The molecular weight excluding hydrogens is 332 g/mol. The van der Waals surface area contributed by atoms with Gasteiger partial charge in [0.15, 0.2) is 6.61 Å². The van der Waals surface area contributed by atoms with E-state index in [-0.39, 0.29) is 5.69 Å². The van der Waals surface area contributed by atoms with Crippen molar-refractivity contribution in [1.82, 2.24) is 4.98 Å². The molecule has 1 aromatic carbocycles. The molecule has 0 spiro atoms. The van der Waals surface area contributed by atoms with Crippen molar-refractivity contribution in [3.8, 4) is 0 Å². The van der Waals surface area contributed by atoms with Crippen LogP contribution < -0.4 is 5.32 Å². The molecule has 1 aromatic heterocycles. The van der Waals surface area contributed by atoms with Crippen LogP contribution in [0.25, 0.3) is 0 Å². The first kappa shape index (κ1) is 18.0. The van der Waals surface area contributed by atoms with Gasteiger partial charge in [-0.15, -0.1) is 0 Å². The van der Waals surface area contributed by atoms with Crippen LogP contribution in [0.2, 0.25) is 5.02 Å². The normalized spacial score (nSPS) is 11.9. The van der Waals surface area contributed by atoms with Gasteiger partial charge in [0.1, 0.15) is 5.69 Å². The van der Waals surface area contributed by atoms with Crippen LogP contribution in [0, 0.1) is 13.8 Å². The van der Waals surface area contributed by atoms with Gasteiger partial charge in [0.2, 0.25) is 0 Å². The largest absolute Gasteiger partial charge is 0.451 e. The molecule has 0 aliphatic rings. The number of amides is 1. The van der Waals surface area contributed by atoms with Crippen LogP contribution in [0.5, 0.6) is 0 Å². The number of aliphatic hydroxyl groups is 1. The minimum absolute atomic E-state index is 0.235. The summed E-state index contributed by atoms with van der Waals surface area (Å²) in [5.41, 5.74) is 2.72. The van der Waals surface area contributed by atoms with Gasteiger partial charge in [0.05, 0.1) is 6.10 Å². The number of nitrogens with one attached hydrogen (secondary N) is 2. The fourth-order valence-electron chi connectivity index (χ4n) is 2.56. The molecule has 128 valence electrons. The summed E-state index contributed by atoms with van der Waals surface area (Å²) in [6.45, 7) is 4.68. The molecule has 0 bridgehead atoms. The van der Waals surface area contributed by atoms with Crippen LogP contribution in [0.1, 0.15) is 40.3 Å². The third-order valence-electron chi connectivity index (χ3n) is 3.56. The summed E-state index contributed by atoms with van der Waals surface area (Å²) in [6, 6.07) is 6.66. The van der Waals surface area contributed by atoms with E-state index >= 15 is 0 Å². The summed E-state index contributed by atoms with van der Waals surface area (Å²) < 4.78 is 5.02. The van der Waals surface area contributed by atoms with Crippen LogP contribution in [-0.2, 0) is 9.53 Å².